The van der Waals surface area contributed by atoms with Crippen LogP contribution >= 0.6 is 0 Å². The normalized spacial score (nSPS) is 34.6. The van der Waals surface area contributed by atoms with Gasteiger partial charge in [0.25, 0.3) is 5.91 Å². The second-order valence-electron chi connectivity index (χ2n) is 10.9. The number of azo groups is 1. The smallest absolute Gasteiger partial charge is 0.260 e. The van der Waals surface area contributed by atoms with Crippen LogP contribution in [-0.2, 0) is 14.3 Å². The molecule has 1 atom stereocenters. The second kappa shape index (κ2) is 5.58. The first-order chi connectivity index (χ1) is 14.2. The van der Waals surface area contributed by atoms with Crippen LogP contribution in [0.15, 0.2) is 32.9 Å². The van der Waals surface area contributed by atoms with Gasteiger partial charge in [-0.1, -0.05) is 13.8 Å². The highest BCUT2D eigenvalue weighted by molar-refractivity contribution is 6.00. The van der Waals surface area contributed by atoms with Gasteiger partial charge in [0.2, 0.25) is 0 Å². The Balaban J connectivity index is 1.31. The van der Waals surface area contributed by atoms with Crippen molar-refractivity contribution in [3.8, 4) is 0 Å². The molecule has 7 nitrogen and oxygen atoms in total. The summed E-state index contributed by atoms with van der Waals surface area (Å²) in [6, 6.07) is 0. The Kier molecular flexibility index (Phi) is 3.47. The standard InChI is InChI=1S/C22H27FN4O3/c1-19(2)6-14-16(15(28)7-19)21(13-8-24-26-17(13)25-14)9-20(30-12-21)10-27(11-20)18(29)22(23)4-3-5-22/h25H,3-12H2,1-2H3. The predicted molar refractivity (Wildman–Crippen MR) is 105 cm³/mol. The Labute approximate surface area is 174 Å². The van der Waals surface area contributed by atoms with Crippen molar-refractivity contribution in [3.63, 3.8) is 0 Å². The van der Waals surface area contributed by atoms with Crippen molar-refractivity contribution in [2.75, 3.05) is 26.2 Å². The molecule has 6 rings (SSSR count). The molecule has 1 amide bonds. The van der Waals surface area contributed by atoms with Crippen molar-refractivity contribution in [3.05, 3.63) is 22.7 Å². The fourth-order valence-electron chi connectivity index (χ4n) is 6.33. The molecule has 0 aromatic carbocycles. The molecule has 1 saturated carbocycles. The molecule has 8 heteroatoms. The molecule has 2 aliphatic carbocycles. The van der Waals surface area contributed by atoms with E-state index in [0.717, 1.165) is 35.5 Å². The van der Waals surface area contributed by atoms with Gasteiger partial charge in [0.15, 0.2) is 17.3 Å². The molecule has 4 heterocycles. The van der Waals surface area contributed by atoms with Crippen LogP contribution < -0.4 is 5.32 Å². The molecular weight excluding hydrogens is 387 g/mol. The molecule has 1 unspecified atom stereocenters. The first kappa shape index (κ1) is 18.7. The van der Waals surface area contributed by atoms with Crippen molar-refractivity contribution in [1.29, 1.82) is 0 Å². The fourth-order valence-corrected chi connectivity index (χ4v) is 6.33. The monoisotopic (exact) mass is 414 g/mol. The fraction of sp³-hybridized carbons (Fsp3) is 0.727. The summed E-state index contributed by atoms with van der Waals surface area (Å²) in [4.78, 5) is 27.5. The molecule has 0 bridgehead atoms. The molecule has 2 spiro atoms. The minimum atomic E-state index is -1.67. The van der Waals surface area contributed by atoms with E-state index in [1.54, 1.807) is 4.90 Å². The second-order valence-corrected chi connectivity index (χ2v) is 10.9. The summed E-state index contributed by atoms with van der Waals surface area (Å²) in [5.74, 6) is 0.525. The maximum absolute atomic E-state index is 14.6. The number of fused-ring (bicyclic) bond motifs is 2. The number of nitrogens with one attached hydrogen (secondary N) is 1. The van der Waals surface area contributed by atoms with Gasteiger partial charge in [-0.05, 0) is 37.5 Å². The summed E-state index contributed by atoms with van der Waals surface area (Å²) >= 11 is 0. The number of likely N-dealkylation sites (tertiary alicyclic amines) is 1. The number of nitrogens with zero attached hydrogens (tertiary/aromatic N) is 3. The highest BCUT2D eigenvalue weighted by atomic mass is 19.1. The number of dihydropyridines is 1. The SMILES string of the molecule is CC1(C)CC(=O)C2=C(C1)NC1=C(CN=N1)C21COC2(CN(C(=O)C3(F)CCC3)C2)C1. The van der Waals surface area contributed by atoms with Gasteiger partial charge in [-0.25, -0.2) is 4.39 Å². The Hall–Kier alpha value is -2.09. The first-order valence-corrected chi connectivity index (χ1v) is 10.9. The van der Waals surface area contributed by atoms with Crippen molar-refractivity contribution < 1.29 is 18.7 Å². The zero-order valence-corrected chi connectivity index (χ0v) is 17.5. The van der Waals surface area contributed by atoms with E-state index in [9.17, 15) is 14.0 Å². The number of amides is 1. The molecule has 4 aliphatic heterocycles. The van der Waals surface area contributed by atoms with Crippen LogP contribution in [0, 0.1) is 10.8 Å². The molecular formula is C22H27FN4O3. The van der Waals surface area contributed by atoms with Crippen LogP contribution in [-0.4, -0.2) is 54.1 Å². The van der Waals surface area contributed by atoms with Crippen molar-refractivity contribution >= 4 is 11.7 Å². The number of allylic oxidation sites excluding steroid dienone is 1. The van der Waals surface area contributed by atoms with Gasteiger partial charge in [0.1, 0.15) is 5.60 Å². The van der Waals surface area contributed by atoms with E-state index >= 15 is 0 Å². The minimum Gasteiger partial charge on any atom is -0.370 e. The van der Waals surface area contributed by atoms with Crippen molar-refractivity contribution in [1.82, 2.24) is 10.2 Å². The highest BCUT2D eigenvalue weighted by Gasteiger charge is 2.64. The third-order valence-electron chi connectivity index (χ3n) is 7.91. The van der Waals surface area contributed by atoms with Crippen LogP contribution in [0.4, 0.5) is 4.39 Å². The number of halogens is 1. The van der Waals surface area contributed by atoms with Gasteiger partial charge in [-0.2, -0.15) is 5.11 Å². The molecule has 0 aromatic heterocycles. The third-order valence-corrected chi connectivity index (χ3v) is 7.91. The average Bonchev–Trinajstić information content (AvgIpc) is 3.22. The molecule has 3 fully saturated rings. The minimum absolute atomic E-state index is 0.104. The van der Waals surface area contributed by atoms with Crippen LogP contribution in [0.1, 0.15) is 52.4 Å². The lowest BCUT2D eigenvalue weighted by Gasteiger charge is -2.51. The molecule has 2 saturated heterocycles. The van der Waals surface area contributed by atoms with E-state index in [1.807, 2.05) is 0 Å². The summed E-state index contributed by atoms with van der Waals surface area (Å²) < 4.78 is 20.9. The van der Waals surface area contributed by atoms with E-state index in [2.05, 4.69) is 29.4 Å². The first-order valence-electron chi connectivity index (χ1n) is 10.9. The lowest BCUT2D eigenvalue weighted by Crippen LogP contribution is -2.67. The number of ether oxygens (including phenoxy) is 1. The summed E-state index contributed by atoms with van der Waals surface area (Å²) in [5.41, 5.74) is -0.0297. The Morgan fingerprint density at radius 1 is 1.23 bits per heavy atom. The maximum Gasteiger partial charge on any atom is 0.260 e. The topological polar surface area (TPSA) is 83.4 Å². The number of Topliss-reactive ketones (excluding diaryl/α,β-unsaturated/α-hetero) is 1. The van der Waals surface area contributed by atoms with E-state index in [0.29, 0.717) is 51.9 Å². The van der Waals surface area contributed by atoms with Gasteiger partial charge in [0.05, 0.1) is 31.7 Å². The third kappa shape index (κ3) is 2.34. The number of ketones is 1. The lowest BCUT2D eigenvalue weighted by molar-refractivity contribution is -0.174. The molecule has 160 valence electrons. The van der Waals surface area contributed by atoms with E-state index in [1.165, 1.54) is 0 Å². The zero-order chi connectivity index (χ0) is 20.9. The zero-order valence-electron chi connectivity index (χ0n) is 17.5. The maximum atomic E-state index is 14.6. The number of carbonyl (C=O) groups is 2. The Bertz CT molecular complexity index is 971. The lowest BCUT2D eigenvalue weighted by atomic mass is 9.61. The summed E-state index contributed by atoms with van der Waals surface area (Å²) in [6.07, 6.45) is 3.34. The average molecular weight is 414 g/mol. The number of rotatable bonds is 1. The van der Waals surface area contributed by atoms with E-state index in [4.69, 9.17) is 4.74 Å². The summed E-state index contributed by atoms with van der Waals surface area (Å²) in [7, 11) is 0. The van der Waals surface area contributed by atoms with Crippen molar-refractivity contribution in [2.45, 2.75) is 63.6 Å². The van der Waals surface area contributed by atoms with E-state index in [-0.39, 0.29) is 11.2 Å². The predicted octanol–water partition coefficient (Wildman–Crippen LogP) is 2.79. The molecule has 0 aromatic rings. The van der Waals surface area contributed by atoms with Crippen LogP contribution in [0.2, 0.25) is 0 Å². The molecule has 0 radical (unpaired) electrons. The summed E-state index contributed by atoms with van der Waals surface area (Å²) in [5, 5.41) is 11.9. The Morgan fingerprint density at radius 2 is 2.00 bits per heavy atom. The quantitative estimate of drug-likeness (QED) is 0.715. The van der Waals surface area contributed by atoms with Gasteiger partial charge in [-0.15, -0.1) is 5.11 Å². The largest absolute Gasteiger partial charge is 0.370 e. The number of hydrogen-bond acceptors (Lipinski definition) is 6. The highest BCUT2D eigenvalue weighted by Crippen LogP contribution is 2.59. The molecule has 30 heavy (non-hydrogen) atoms. The van der Waals surface area contributed by atoms with Crippen LogP contribution in [0.3, 0.4) is 0 Å². The van der Waals surface area contributed by atoms with Gasteiger partial charge in [0, 0.05) is 23.3 Å². The molecule has 6 aliphatic rings. The van der Waals surface area contributed by atoms with E-state index < -0.39 is 22.6 Å². The van der Waals surface area contributed by atoms with Gasteiger partial charge in [-0.3, -0.25) is 9.59 Å². The van der Waals surface area contributed by atoms with Gasteiger partial charge < -0.3 is 15.0 Å². The van der Waals surface area contributed by atoms with Crippen molar-refractivity contribution in [2.24, 2.45) is 21.1 Å². The number of alkyl halides is 1. The number of carbonyl (C=O) groups excluding carboxylic acids is 2. The summed E-state index contributed by atoms with van der Waals surface area (Å²) in [6.45, 7) is 5.87. The molecule has 1 N–H and O–H groups in total. The number of hydrogen-bond donors (Lipinski definition) is 1. The van der Waals surface area contributed by atoms with Crippen LogP contribution in [0.25, 0.3) is 0 Å². The van der Waals surface area contributed by atoms with Gasteiger partial charge >= 0.3 is 0 Å². The van der Waals surface area contributed by atoms with Crippen LogP contribution in [0.5, 0.6) is 0 Å². The Morgan fingerprint density at radius 3 is 2.70 bits per heavy atom.